The van der Waals surface area contributed by atoms with Crippen molar-refractivity contribution in [3.8, 4) is 0 Å². The van der Waals surface area contributed by atoms with Crippen LogP contribution in [0.3, 0.4) is 0 Å². The van der Waals surface area contributed by atoms with Crippen molar-refractivity contribution in [2.75, 3.05) is 11.4 Å². The van der Waals surface area contributed by atoms with E-state index in [1.807, 2.05) is 6.92 Å². The number of nitrogens with one attached hydrogen (secondary N) is 3. The Morgan fingerprint density at radius 1 is 1.18 bits per heavy atom. The number of aldehydes is 1. The lowest BCUT2D eigenvalue weighted by molar-refractivity contribution is -0.139. The first-order valence-corrected chi connectivity index (χ1v) is 11.0. The zero-order chi connectivity index (χ0) is 25.4. The number of rotatable bonds is 11. The summed E-state index contributed by atoms with van der Waals surface area (Å²) in [5.41, 5.74) is 1.21. The Morgan fingerprint density at radius 3 is 2.44 bits per heavy atom. The normalized spacial score (nSPS) is 17.0. The highest BCUT2D eigenvalue weighted by atomic mass is 16.4. The molecule has 1 aromatic rings. The maximum atomic E-state index is 13.1. The van der Waals surface area contributed by atoms with Gasteiger partial charge < -0.3 is 25.9 Å². The highest BCUT2D eigenvalue weighted by Crippen LogP contribution is 2.32. The minimum absolute atomic E-state index is 0.167. The van der Waals surface area contributed by atoms with Crippen LogP contribution in [-0.2, 0) is 35.2 Å². The predicted molar refractivity (Wildman–Crippen MR) is 122 cm³/mol. The molecule has 11 nitrogen and oxygen atoms in total. The van der Waals surface area contributed by atoms with E-state index in [1.54, 1.807) is 31.2 Å². The van der Waals surface area contributed by atoms with Crippen molar-refractivity contribution in [1.82, 2.24) is 16.0 Å². The Hall–Kier alpha value is -3.76. The number of aliphatic carboxylic acids is 1. The lowest BCUT2D eigenvalue weighted by Gasteiger charge is -2.27. The van der Waals surface area contributed by atoms with Crippen LogP contribution in [0.5, 0.6) is 0 Å². The van der Waals surface area contributed by atoms with Crippen LogP contribution in [0.15, 0.2) is 24.3 Å². The van der Waals surface area contributed by atoms with Gasteiger partial charge in [0.25, 0.3) is 0 Å². The zero-order valence-corrected chi connectivity index (χ0v) is 19.4. The van der Waals surface area contributed by atoms with Crippen molar-refractivity contribution in [1.29, 1.82) is 0 Å². The molecule has 0 bridgehead atoms. The Morgan fingerprint density at radius 2 is 1.85 bits per heavy atom. The van der Waals surface area contributed by atoms with Crippen molar-refractivity contribution in [2.45, 2.75) is 58.2 Å². The molecule has 4 N–H and O–H groups in total. The Kier molecular flexibility index (Phi) is 9.28. The van der Waals surface area contributed by atoms with Crippen LogP contribution in [0.4, 0.5) is 5.69 Å². The summed E-state index contributed by atoms with van der Waals surface area (Å²) in [4.78, 5) is 73.5. The fraction of sp³-hybridized carbons (Fsp3) is 0.478. The second-order valence-electron chi connectivity index (χ2n) is 8.24. The number of hydrogen-bond donors (Lipinski definition) is 4. The van der Waals surface area contributed by atoms with Gasteiger partial charge in [-0.15, -0.1) is 0 Å². The van der Waals surface area contributed by atoms with Crippen LogP contribution in [-0.4, -0.2) is 65.7 Å². The van der Waals surface area contributed by atoms with Gasteiger partial charge in [-0.3, -0.25) is 28.9 Å². The first-order valence-electron chi connectivity index (χ1n) is 11.0. The van der Waals surface area contributed by atoms with Gasteiger partial charge in [0.1, 0.15) is 18.4 Å². The zero-order valence-electron chi connectivity index (χ0n) is 19.4. The molecule has 184 valence electrons. The minimum Gasteiger partial charge on any atom is -0.481 e. The van der Waals surface area contributed by atoms with Gasteiger partial charge in [-0.1, -0.05) is 38.5 Å². The first kappa shape index (κ1) is 26.5. The lowest BCUT2D eigenvalue weighted by atomic mass is 9.98. The number of para-hydroxylation sites is 1. The van der Waals surface area contributed by atoms with Gasteiger partial charge in [-0.2, -0.15) is 0 Å². The summed E-state index contributed by atoms with van der Waals surface area (Å²) >= 11 is 0. The molecule has 0 spiro atoms. The number of amides is 4. The van der Waals surface area contributed by atoms with Crippen LogP contribution < -0.4 is 20.9 Å². The molecule has 0 saturated heterocycles. The van der Waals surface area contributed by atoms with E-state index in [2.05, 4.69) is 16.0 Å². The second kappa shape index (κ2) is 11.9. The molecule has 11 heteroatoms. The van der Waals surface area contributed by atoms with Crippen LogP contribution >= 0.6 is 0 Å². The summed E-state index contributed by atoms with van der Waals surface area (Å²) in [5, 5.41) is 16.4. The monoisotopic (exact) mass is 474 g/mol. The molecule has 4 amide bonds. The largest absolute Gasteiger partial charge is 0.481 e. The molecule has 4 atom stereocenters. The summed E-state index contributed by atoms with van der Waals surface area (Å²) in [6.07, 6.45) is 0.542. The maximum Gasteiger partial charge on any atom is 0.305 e. The minimum atomic E-state index is -1.25. The van der Waals surface area contributed by atoms with E-state index >= 15 is 0 Å². The molecule has 1 aliphatic rings. The fourth-order valence-corrected chi connectivity index (χ4v) is 3.78. The third-order valence-corrected chi connectivity index (χ3v) is 5.70. The SMILES string of the molecule is CC[C@H](C)[C@H](NC(C)=O)C(=O)NCC(=O)N1c2ccccc2C[C@H]1C(=O)NC(C=O)CC(=O)O. The number of nitrogens with zero attached hydrogens (tertiary/aromatic N) is 1. The van der Waals surface area contributed by atoms with E-state index < -0.39 is 54.8 Å². The molecule has 0 radical (unpaired) electrons. The second-order valence-corrected chi connectivity index (χ2v) is 8.24. The summed E-state index contributed by atoms with van der Waals surface area (Å²) in [7, 11) is 0. The predicted octanol–water partition coefficient (Wildman–Crippen LogP) is -0.230. The van der Waals surface area contributed by atoms with Gasteiger partial charge in [0.05, 0.1) is 19.0 Å². The third kappa shape index (κ3) is 6.63. The van der Waals surface area contributed by atoms with Crippen LogP contribution in [0.2, 0.25) is 0 Å². The highest BCUT2D eigenvalue weighted by molar-refractivity contribution is 6.05. The standard InChI is InChI=1S/C23H30N4O7/c1-4-13(2)21(25-14(3)29)23(34)24-11-19(30)27-17-8-6-5-7-15(17)9-18(27)22(33)26-16(12-28)10-20(31)32/h5-8,12-13,16,18,21H,4,9-11H2,1-3H3,(H,24,34)(H,25,29)(H,26,33)(H,31,32)/t13-,16?,18-,21-/m0/s1. The topological polar surface area (TPSA) is 162 Å². The van der Waals surface area contributed by atoms with Gasteiger partial charge in [-0.25, -0.2) is 0 Å². The first-order chi connectivity index (χ1) is 16.1. The number of hydrogen-bond acceptors (Lipinski definition) is 6. The Labute approximate surface area is 197 Å². The quantitative estimate of drug-likeness (QED) is 0.322. The number of fused-ring (bicyclic) bond motifs is 1. The molecule has 0 fully saturated rings. The summed E-state index contributed by atoms with van der Waals surface area (Å²) in [6.45, 7) is 4.56. The molecular formula is C23H30N4O7. The van der Waals surface area contributed by atoms with E-state index in [9.17, 15) is 28.8 Å². The van der Waals surface area contributed by atoms with Gasteiger partial charge in [0, 0.05) is 19.0 Å². The molecule has 0 saturated carbocycles. The third-order valence-electron chi connectivity index (χ3n) is 5.70. The number of anilines is 1. The maximum absolute atomic E-state index is 13.1. The summed E-state index contributed by atoms with van der Waals surface area (Å²) < 4.78 is 0. The van der Waals surface area contributed by atoms with Gasteiger partial charge in [0.2, 0.25) is 23.6 Å². The number of benzene rings is 1. The van der Waals surface area contributed by atoms with Gasteiger partial charge in [-0.05, 0) is 17.5 Å². The van der Waals surface area contributed by atoms with Crippen molar-refractivity contribution >= 4 is 41.6 Å². The van der Waals surface area contributed by atoms with E-state index in [0.717, 1.165) is 5.56 Å². The molecule has 1 heterocycles. The molecule has 1 aliphatic heterocycles. The van der Waals surface area contributed by atoms with Gasteiger partial charge in [0.15, 0.2) is 0 Å². The Balaban J connectivity index is 2.18. The fourth-order valence-electron chi connectivity index (χ4n) is 3.78. The molecule has 0 aliphatic carbocycles. The molecule has 1 aromatic carbocycles. The average molecular weight is 475 g/mol. The molecule has 2 rings (SSSR count). The smallest absolute Gasteiger partial charge is 0.305 e. The van der Waals surface area contributed by atoms with Crippen LogP contribution in [0.25, 0.3) is 0 Å². The van der Waals surface area contributed by atoms with E-state index in [4.69, 9.17) is 5.11 Å². The Bertz CT molecular complexity index is 964. The molecule has 34 heavy (non-hydrogen) atoms. The number of carbonyl (C=O) groups is 6. The average Bonchev–Trinajstić information content (AvgIpc) is 3.19. The molecule has 0 aromatic heterocycles. The summed E-state index contributed by atoms with van der Waals surface area (Å²) in [5.74, 6) is -3.55. The van der Waals surface area contributed by atoms with E-state index in [0.29, 0.717) is 18.4 Å². The van der Waals surface area contributed by atoms with Crippen molar-refractivity contribution in [3.05, 3.63) is 29.8 Å². The summed E-state index contributed by atoms with van der Waals surface area (Å²) in [6, 6.07) is 3.81. The van der Waals surface area contributed by atoms with Crippen molar-refractivity contribution < 1.29 is 33.9 Å². The number of carboxylic acids is 1. The number of carbonyl (C=O) groups excluding carboxylic acids is 5. The van der Waals surface area contributed by atoms with Gasteiger partial charge >= 0.3 is 5.97 Å². The van der Waals surface area contributed by atoms with Crippen LogP contribution in [0.1, 0.15) is 39.2 Å². The van der Waals surface area contributed by atoms with E-state index in [-0.39, 0.29) is 18.2 Å². The number of carboxylic acid groups (broad SMARTS) is 1. The van der Waals surface area contributed by atoms with Crippen molar-refractivity contribution in [3.63, 3.8) is 0 Å². The lowest BCUT2D eigenvalue weighted by Crippen LogP contribution is -2.55. The van der Waals surface area contributed by atoms with Crippen molar-refractivity contribution in [2.24, 2.45) is 5.92 Å². The highest BCUT2D eigenvalue weighted by Gasteiger charge is 2.39. The molecule has 1 unspecified atom stereocenters. The van der Waals surface area contributed by atoms with Crippen LogP contribution in [0, 0.1) is 5.92 Å². The van der Waals surface area contributed by atoms with E-state index in [1.165, 1.54) is 11.8 Å². The molecular weight excluding hydrogens is 444 g/mol.